The molecule has 2 aliphatic heterocycles. The highest BCUT2D eigenvalue weighted by Gasteiger charge is 2.56. The van der Waals surface area contributed by atoms with Crippen LogP contribution in [0.4, 0.5) is 0 Å². The maximum atomic E-state index is 11.9. The molecule has 3 N–H and O–H groups in total. The predicted octanol–water partition coefficient (Wildman–Crippen LogP) is 0.00810. The molecule has 0 aromatic carbocycles. The van der Waals surface area contributed by atoms with Gasteiger partial charge in [0.1, 0.15) is 5.70 Å². The molecular weight excluding hydrogens is 270 g/mol. The summed E-state index contributed by atoms with van der Waals surface area (Å²) in [6, 6.07) is -0.255. The zero-order valence-corrected chi connectivity index (χ0v) is 11.6. The van der Waals surface area contributed by atoms with E-state index in [1.807, 2.05) is 0 Å². The molecule has 0 aromatic heterocycles. The number of aliphatic carboxylic acids is 1. The first kappa shape index (κ1) is 14.4. The number of thioether (sulfide) groups is 1. The molecule has 0 aromatic rings. The average Bonchev–Trinajstić information content (AvgIpc) is 2.60. The third-order valence-electron chi connectivity index (χ3n) is 3.39. The normalized spacial score (nSPS) is 29.1. The van der Waals surface area contributed by atoms with Crippen molar-refractivity contribution in [2.45, 2.75) is 38.5 Å². The van der Waals surface area contributed by atoms with E-state index >= 15 is 0 Å². The Hall–Kier alpha value is -1.05. The van der Waals surface area contributed by atoms with Gasteiger partial charge in [-0.3, -0.25) is 4.79 Å². The Bertz CT molecular complexity index is 445. The molecule has 2 heterocycles. The lowest BCUT2D eigenvalue weighted by Crippen LogP contribution is -2.61. The third kappa shape index (κ3) is 2.37. The van der Waals surface area contributed by atoms with Gasteiger partial charge in [-0.15, -0.1) is 11.8 Å². The van der Waals surface area contributed by atoms with Gasteiger partial charge >= 0.3 is 5.97 Å². The van der Waals surface area contributed by atoms with E-state index in [0.29, 0.717) is 17.1 Å². The van der Waals surface area contributed by atoms with Crippen LogP contribution in [0.1, 0.15) is 20.3 Å². The third-order valence-corrected chi connectivity index (χ3v) is 4.75. The van der Waals surface area contributed by atoms with Crippen molar-refractivity contribution >= 4 is 23.6 Å². The molecule has 0 spiro atoms. The molecule has 0 bridgehead atoms. The minimum absolute atomic E-state index is 0.0116. The van der Waals surface area contributed by atoms with Crippen LogP contribution in [0.25, 0.3) is 0 Å². The summed E-state index contributed by atoms with van der Waals surface area (Å²) >= 11 is 1.27. The van der Waals surface area contributed by atoms with Gasteiger partial charge in [-0.25, -0.2) is 4.79 Å². The summed E-state index contributed by atoms with van der Waals surface area (Å²) in [5, 5.41) is 28.0. The average molecular weight is 287 g/mol. The Morgan fingerprint density at radius 2 is 2.11 bits per heavy atom. The molecule has 0 saturated carbocycles. The first-order valence-electron chi connectivity index (χ1n) is 6.13. The van der Waals surface area contributed by atoms with Crippen LogP contribution in [-0.4, -0.2) is 56.1 Å². The predicted molar refractivity (Wildman–Crippen MR) is 69.2 cm³/mol. The Labute approximate surface area is 115 Å². The molecule has 7 heteroatoms. The van der Waals surface area contributed by atoms with Crippen molar-refractivity contribution in [1.29, 1.82) is 0 Å². The monoisotopic (exact) mass is 287 g/mol. The fraction of sp³-hybridized carbons (Fsp3) is 0.667. The van der Waals surface area contributed by atoms with Gasteiger partial charge in [-0.05, 0) is 13.8 Å². The van der Waals surface area contributed by atoms with E-state index in [0.717, 1.165) is 0 Å². The lowest BCUT2D eigenvalue weighted by Gasteiger charge is -2.44. The van der Waals surface area contributed by atoms with E-state index in [2.05, 4.69) is 0 Å². The Balaban J connectivity index is 2.19. The van der Waals surface area contributed by atoms with Crippen LogP contribution in [0, 0.1) is 5.92 Å². The number of hydrogen-bond donors (Lipinski definition) is 3. The summed E-state index contributed by atoms with van der Waals surface area (Å²) < 4.78 is 0. The quantitative estimate of drug-likeness (QED) is 0.616. The molecule has 6 nitrogen and oxygen atoms in total. The summed E-state index contributed by atoms with van der Waals surface area (Å²) in [5.41, 5.74) is 0.0116. The molecule has 1 fully saturated rings. The highest BCUT2D eigenvalue weighted by Crippen LogP contribution is 2.46. The standard InChI is InChI=1S/C12H17NO5S/c1-5(14)4-19-8-3-7-9(6(2)15)11(16)13(7)10(8)12(17)18/h5-7,9,14-15H,3-4H2,1-2H3,(H,17,18). The molecule has 2 rings (SSSR count). The number of β-lactam (4-membered cyclic amide) rings is 1. The van der Waals surface area contributed by atoms with Crippen molar-refractivity contribution in [2.75, 3.05) is 5.75 Å². The number of hydrogen-bond acceptors (Lipinski definition) is 5. The van der Waals surface area contributed by atoms with E-state index in [9.17, 15) is 24.9 Å². The van der Waals surface area contributed by atoms with E-state index < -0.39 is 24.1 Å². The minimum atomic E-state index is -1.13. The van der Waals surface area contributed by atoms with Gasteiger partial charge < -0.3 is 20.2 Å². The molecular formula is C12H17NO5S. The molecule has 2 aliphatic rings. The molecule has 1 saturated heterocycles. The Morgan fingerprint density at radius 1 is 1.47 bits per heavy atom. The number of carboxylic acids is 1. The minimum Gasteiger partial charge on any atom is -0.477 e. The summed E-state index contributed by atoms with van der Waals surface area (Å²) in [4.78, 5) is 25.0. The molecule has 4 unspecified atom stereocenters. The number of nitrogens with zero attached hydrogens (tertiary/aromatic N) is 1. The number of amides is 1. The number of rotatable bonds is 5. The largest absolute Gasteiger partial charge is 0.477 e. The highest BCUT2D eigenvalue weighted by atomic mass is 32.2. The van der Waals surface area contributed by atoms with Gasteiger partial charge in [0.05, 0.1) is 24.2 Å². The van der Waals surface area contributed by atoms with Gasteiger partial charge in [0.2, 0.25) is 5.91 Å². The van der Waals surface area contributed by atoms with E-state index in [1.165, 1.54) is 16.7 Å². The van der Waals surface area contributed by atoms with E-state index in [1.54, 1.807) is 13.8 Å². The number of fused-ring (bicyclic) bond motifs is 1. The van der Waals surface area contributed by atoms with Crippen molar-refractivity contribution in [2.24, 2.45) is 5.92 Å². The first-order chi connectivity index (χ1) is 8.84. The SMILES string of the molecule is CC(O)CSC1=C(C(=O)O)N2C(=O)C(C(C)O)C2C1. The van der Waals surface area contributed by atoms with Crippen LogP contribution >= 0.6 is 11.8 Å². The number of carbonyl (C=O) groups is 2. The van der Waals surface area contributed by atoms with Gasteiger partial charge in [0.25, 0.3) is 0 Å². The number of carboxylic acid groups (broad SMARTS) is 1. The number of aliphatic hydroxyl groups is 2. The van der Waals surface area contributed by atoms with Crippen molar-refractivity contribution in [3.8, 4) is 0 Å². The van der Waals surface area contributed by atoms with E-state index in [4.69, 9.17) is 0 Å². The van der Waals surface area contributed by atoms with Crippen LogP contribution in [0.15, 0.2) is 10.6 Å². The summed E-state index contributed by atoms with van der Waals surface area (Å²) in [6.07, 6.45) is -0.866. The summed E-state index contributed by atoms with van der Waals surface area (Å²) in [5.74, 6) is -1.59. The van der Waals surface area contributed by atoms with Crippen LogP contribution in [0.3, 0.4) is 0 Å². The Kier molecular flexibility index (Phi) is 3.89. The van der Waals surface area contributed by atoms with Crippen molar-refractivity contribution < 1.29 is 24.9 Å². The molecule has 4 atom stereocenters. The van der Waals surface area contributed by atoms with Gasteiger partial charge in [0, 0.05) is 17.1 Å². The Morgan fingerprint density at radius 3 is 2.58 bits per heavy atom. The second-order valence-electron chi connectivity index (χ2n) is 4.98. The number of carbonyl (C=O) groups excluding carboxylic acids is 1. The van der Waals surface area contributed by atoms with Gasteiger partial charge in [0.15, 0.2) is 0 Å². The zero-order chi connectivity index (χ0) is 14.3. The molecule has 1 amide bonds. The van der Waals surface area contributed by atoms with Crippen LogP contribution in [-0.2, 0) is 9.59 Å². The van der Waals surface area contributed by atoms with Crippen LogP contribution in [0.5, 0.6) is 0 Å². The molecule has 19 heavy (non-hydrogen) atoms. The summed E-state index contributed by atoms with van der Waals surface area (Å²) in [6.45, 7) is 3.17. The maximum Gasteiger partial charge on any atom is 0.353 e. The second kappa shape index (κ2) is 5.15. The van der Waals surface area contributed by atoms with Crippen molar-refractivity contribution in [3.63, 3.8) is 0 Å². The lowest BCUT2D eigenvalue weighted by atomic mass is 9.83. The highest BCUT2D eigenvalue weighted by molar-refractivity contribution is 8.03. The number of aliphatic hydroxyl groups excluding tert-OH is 2. The second-order valence-corrected chi connectivity index (χ2v) is 6.10. The molecule has 0 radical (unpaired) electrons. The first-order valence-corrected chi connectivity index (χ1v) is 7.11. The fourth-order valence-electron chi connectivity index (χ4n) is 2.58. The van der Waals surface area contributed by atoms with Crippen molar-refractivity contribution in [1.82, 2.24) is 4.90 Å². The molecule has 0 aliphatic carbocycles. The van der Waals surface area contributed by atoms with Gasteiger partial charge in [-0.2, -0.15) is 0 Å². The smallest absolute Gasteiger partial charge is 0.353 e. The fourth-order valence-corrected chi connectivity index (χ4v) is 3.63. The van der Waals surface area contributed by atoms with Crippen molar-refractivity contribution in [3.05, 3.63) is 10.6 Å². The van der Waals surface area contributed by atoms with Gasteiger partial charge in [-0.1, -0.05) is 0 Å². The topological polar surface area (TPSA) is 98.1 Å². The molecule has 106 valence electrons. The maximum absolute atomic E-state index is 11.9. The van der Waals surface area contributed by atoms with Crippen LogP contribution < -0.4 is 0 Å². The lowest BCUT2D eigenvalue weighted by molar-refractivity contribution is -0.161. The zero-order valence-electron chi connectivity index (χ0n) is 10.7. The summed E-state index contributed by atoms with van der Waals surface area (Å²) in [7, 11) is 0. The van der Waals surface area contributed by atoms with E-state index in [-0.39, 0.29) is 17.6 Å². The van der Waals surface area contributed by atoms with Crippen LogP contribution in [0.2, 0.25) is 0 Å².